The molecule has 0 radical (unpaired) electrons. The number of nitrogens with one attached hydrogen (secondary N) is 2. The first-order valence-electron chi connectivity index (χ1n) is 10.4. The van der Waals surface area contributed by atoms with Crippen LogP contribution in [0.5, 0.6) is 0 Å². The van der Waals surface area contributed by atoms with Crippen LogP contribution >= 0.6 is 0 Å². The smallest absolute Gasteiger partial charge is 0.292 e. The van der Waals surface area contributed by atoms with E-state index in [4.69, 9.17) is 4.52 Å². The fraction of sp³-hybridized carbons (Fsp3) is 0.318. The standard InChI is InChI=1S/C22H25N9O2/c1-13-8-14(17-24-12-25-21(29-17)27-16-10-26-31(5)11-16)6-7-15(13)9-23-19(32)18-28-20(33-30-18)22(2,3)4/h6-8,10-12H,9H2,1-5H3,(H,23,32)(H,24,25,27,29). The highest BCUT2D eigenvalue weighted by atomic mass is 16.5. The molecule has 0 fully saturated rings. The van der Waals surface area contributed by atoms with Crippen molar-refractivity contribution in [2.45, 2.75) is 39.7 Å². The van der Waals surface area contributed by atoms with Gasteiger partial charge < -0.3 is 15.2 Å². The topological polar surface area (TPSA) is 137 Å². The van der Waals surface area contributed by atoms with E-state index < -0.39 is 0 Å². The molecule has 0 aliphatic heterocycles. The average Bonchev–Trinajstić information content (AvgIpc) is 3.42. The van der Waals surface area contributed by atoms with Gasteiger partial charge in [-0.1, -0.05) is 38.1 Å². The number of anilines is 2. The van der Waals surface area contributed by atoms with E-state index in [9.17, 15) is 4.79 Å². The molecule has 1 amide bonds. The average molecular weight is 448 g/mol. The quantitative estimate of drug-likeness (QED) is 0.457. The van der Waals surface area contributed by atoms with Gasteiger partial charge in [0, 0.05) is 30.8 Å². The van der Waals surface area contributed by atoms with Gasteiger partial charge in [-0.2, -0.15) is 15.1 Å². The molecule has 4 aromatic rings. The summed E-state index contributed by atoms with van der Waals surface area (Å²) in [4.78, 5) is 29.5. The summed E-state index contributed by atoms with van der Waals surface area (Å²) in [5.74, 6) is 1.02. The molecule has 0 saturated heterocycles. The molecule has 0 unspecified atom stereocenters. The Kier molecular flexibility index (Phi) is 5.86. The Balaban J connectivity index is 1.43. The van der Waals surface area contributed by atoms with Crippen LogP contribution in [-0.2, 0) is 19.0 Å². The molecule has 170 valence electrons. The van der Waals surface area contributed by atoms with Crippen LogP contribution in [0, 0.1) is 6.92 Å². The number of benzene rings is 1. The van der Waals surface area contributed by atoms with Crippen LogP contribution in [0.3, 0.4) is 0 Å². The Morgan fingerprint density at radius 1 is 1.18 bits per heavy atom. The third-order valence-electron chi connectivity index (χ3n) is 4.84. The van der Waals surface area contributed by atoms with E-state index in [1.165, 1.54) is 6.33 Å². The molecular weight excluding hydrogens is 422 g/mol. The minimum atomic E-state index is -0.388. The molecule has 0 aliphatic carbocycles. The molecule has 3 heterocycles. The minimum Gasteiger partial charge on any atom is -0.345 e. The number of amides is 1. The predicted octanol–water partition coefficient (Wildman–Crippen LogP) is 2.93. The van der Waals surface area contributed by atoms with Gasteiger partial charge >= 0.3 is 0 Å². The summed E-state index contributed by atoms with van der Waals surface area (Å²) in [6, 6.07) is 5.81. The van der Waals surface area contributed by atoms with Gasteiger partial charge in [0.05, 0.1) is 11.9 Å². The summed E-state index contributed by atoms with van der Waals surface area (Å²) in [5, 5.41) is 13.8. The van der Waals surface area contributed by atoms with Gasteiger partial charge in [-0.3, -0.25) is 9.48 Å². The second-order valence-electron chi connectivity index (χ2n) is 8.66. The molecule has 0 aliphatic rings. The fourth-order valence-electron chi connectivity index (χ4n) is 3.02. The number of aryl methyl sites for hydroxylation is 2. The van der Waals surface area contributed by atoms with Gasteiger partial charge in [-0.05, 0) is 24.1 Å². The summed E-state index contributed by atoms with van der Waals surface area (Å²) in [5.41, 5.74) is 3.24. The molecule has 0 saturated carbocycles. The van der Waals surface area contributed by atoms with Crippen molar-refractivity contribution < 1.29 is 9.32 Å². The van der Waals surface area contributed by atoms with E-state index in [2.05, 4.69) is 40.8 Å². The van der Waals surface area contributed by atoms with E-state index >= 15 is 0 Å². The van der Waals surface area contributed by atoms with E-state index in [0.29, 0.717) is 24.2 Å². The van der Waals surface area contributed by atoms with E-state index in [-0.39, 0.29) is 17.1 Å². The van der Waals surface area contributed by atoms with Crippen molar-refractivity contribution in [1.82, 2.24) is 40.2 Å². The van der Waals surface area contributed by atoms with Crippen LogP contribution in [0.15, 0.2) is 41.4 Å². The SMILES string of the molecule is Cc1cc(-c2ncnc(Nc3cnn(C)c3)n2)ccc1CNC(=O)c1noc(C(C)(C)C)n1. The summed E-state index contributed by atoms with van der Waals surface area (Å²) in [7, 11) is 1.84. The first-order chi connectivity index (χ1) is 15.7. The first kappa shape index (κ1) is 22.1. The lowest BCUT2D eigenvalue weighted by molar-refractivity contribution is 0.0937. The molecule has 1 aromatic carbocycles. The summed E-state index contributed by atoms with van der Waals surface area (Å²) < 4.78 is 6.88. The number of hydrogen-bond acceptors (Lipinski definition) is 9. The number of hydrogen-bond donors (Lipinski definition) is 2. The van der Waals surface area contributed by atoms with E-state index in [1.807, 2.05) is 59.1 Å². The zero-order chi connectivity index (χ0) is 23.6. The highest BCUT2D eigenvalue weighted by molar-refractivity contribution is 5.90. The summed E-state index contributed by atoms with van der Waals surface area (Å²) in [6.07, 6.45) is 4.98. The first-order valence-corrected chi connectivity index (χ1v) is 10.4. The lowest BCUT2D eigenvalue weighted by Gasteiger charge is -2.10. The largest absolute Gasteiger partial charge is 0.345 e. The number of carbonyl (C=O) groups excluding carboxylic acids is 1. The lowest BCUT2D eigenvalue weighted by atomic mass is 9.97. The third-order valence-corrected chi connectivity index (χ3v) is 4.84. The van der Waals surface area contributed by atoms with Crippen LogP contribution in [0.1, 0.15) is 48.4 Å². The molecule has 11 nitrogen and oxygen atoms in total. The van der Waals surface area contributed by atoms with Gasteiger partial charge in [0.15, 0.2) is 5.82 Å². The van der Waals surface area contributed by atoms with Crippen LogP contribution < -0.4 is 10.6 Å². The molecule has 2 N–H and O–H groups in total. The number of nitrogens with zero attached hydrogens (tertiary/aromatic N) is 7. The van der Waals surface area contributed by atoms with Crippen molar-refractivity contribution in [3.8, 4) is 11.4 Å². The molecule has 11 heteroatoms. The monoisotopic (exact) mass is 447 g/mol. The predicted molar refractivity (Wildman–Crippen MR) is 121 cm³/mol. The second kappa shape index (κ2) is 8.77. The van der Waals surface area contributed by atoms with Gasteiger partial charge in [0.1, 0.15) is 6.33 Å². The minimum absolute atomic E-state index is 0.0213. The molecule has 4 rings (SSSR count). The summed E-state index contributed by atoms with van der Waals surface area (Å²) in [6.45, 7) is 8.12. The normalized spacial score (nSPS) is 11.4. The Hall–Kier alpha value is -4.15. The fourth-order valence-corrected chi connectivity index (χ4v) is 3.02. The highest BCUT2D eigenvalue weighted by Crippen LogP contribution is 2.21. The lowest BCUT2D eigenvalue weighted by Crippen LogP contribution is -2.24. The Bertz CT molecular complexity index is 1290. The molecule has 0 bridgehead atoms. The molecule has 0 spiro atoms. The van der Waals surface area contributed by atoms with Crippen molar-refractivity contribution in [1.29, 1.82) is 0 Å². The van der Waals surface area contributed by atoms with Crippen LogP contribution in [0.2, 0.25) is 0 Å². The van der Waals surface area contributed by atoms with Crippen molar-refractivity contribution in [2.75, 3.05) is 5.32 Å². The van der Waals surface area contributed by atoms with Gasteiger partial charge in [0.2, 0.25) is 11.8 Å². The van der Waals surface area contributed by atoms with Crippen molar-refractivity contribution in [2.24, 2.45) is 7.05 Å². The van der Waals surface area contributed by atoms with Gasteiger partial charge in [-0.15, -0.1) is 0 Å². The zero-order valence-corrected chi connectivity index (χ0v) is 19.1. The summed E-state index contributed by atoms with van der Waals surface area (Å²) >= 11 is 0. The number of rotatable bonds is 6. The maximum absolute atomic E-state index is 12.4. The Labute approximate surface area is 190 Å². The van der Waals surface area contributed by atoms with E-state index in [0.717, 1.165) is 22.4 Å². The van der Waals surface area contributed by atoms with Crippen LogP contribution in [0.4, 0.5) is 11.6 Å². The molecule has 3 aromatic heterocycles. The number of aromatic nitrogens is 7. The molecule has 0 atom stereocenters. The van der Waals surface area contributed by atoms with Crippen LogP contribution in [-0.4, -0.2) is 40.8 Å². The second-order valence-corrected chi connectivity index (χ2v) is 8.66. The van der Waals surface area contributed by atoms with Gasteiger partial charge in [0.25, 0.3) is 11.7 Å². The Morgan fingerprint density at radius 2 is 2.00 bits per heavy atom. The van der Waals surface area contributed by atoms with Crippen molar-refractivity contribution in [3.63, 3.8) is 0 Å². The maximum Gasteiger partial charge on any atom is 0.292 e. The maximum atomic E-state index is 12.4. The zero-order valence-electron chi connectivity index (χ0n) is 19.1. The Morgan fingerprint density at radius 3 is 2.67 bits per heavy atom. The van der Waals surface area contributed by atoms with Crippen LogP contribution in [0.25, 0.3) is 11.4 Å². The van der Waals surface area contributed by atoms with Crippen molar-refractivity contribution in [3.05, 3.63) is 59.8 Å². The number of carbonyl (C=O) groups is 1. The molecule has 33 heavy (non-hydrogen) atoms. The van der Waals surface area contributed by atoms with Crippen molar-refractivity contribution >= 4 is 17.5 Å². The highest BCUT2D eigenvalue weighted by Gasteiger charge is 2.24. The van der Waals surface area contributed by atoms with Gasteiger partial charge in [-0.25, -0.2) is 9.97 Å². The molecular formula is C22H25N9O2. The van der Waals surface area contributed by atoms with E-state index in [1.54, 1.807) is 10.9 Å². The third kappa shape index (κ3) is 5.20.